The lowest BCUT2D eigenvalue weighted by molar-refractivity contribution is 0.268. The Bertz CT molecular complexity index is 1180. The van der Waals surface area contributed by atoms with Crippen LogP contribution in [0.4, 0.5) is 16.5 Å². The van der Waals surface area contributed by atoms with Gasteiger partial charge in [-0.25, -0.2) is 0 Å². The number of aryl methyl sites for hydroxylation is 1. The molecule has 0 spiro atoms. The predicted molar refractivity (Wildman–Crippen MR) is 127 cm³/mol. The number of aliphatic hydroxyl groups is 1. The Balaban J connectivity index is 1.37. The number of nitrogens with one attached hydrogen (secondary N) is 1. The second-order valence-electron chi connectivity index (χ2n) is 7.29. The van der Waals surface area contributed by atoms with Gasteiger partial charge in [0.1, 0.15) is 10.7 Å². The highest BCUT2D eigenvalue weighted by molar-refractivity contribution is 7.18. The highest BCUT2D eigenvalue weighted by Gasteiger charge is 2.11. The molecule has 2 N–H and O–H groups in total. The van der Waals surface area contributed by atoms with Crippen LogP contribution in [0.25, 0.3) is 10.6 Å². The molecule has 0 aliphatic carbocycles. The molecule has 0 aliphatic rings. The van der Waals surface area contributed by atoms with Gasteiger partial charge < -0.3 is 10.4 Å². The molecule has 0 fully saturated rings. The van der Waals surface area contributed by atoms with Gasteiger partial charge in [-0.05, 0) is 50.1 Å². The zero-order chi connectivity index (χ0) is 22.3. The fourth-order valence-corrected chi connectivity index (χ4v) is 4.07. The summed E-state index contributed by atoms with van der Waals surface area (Å²) in [4.78, 5) is 0. The monoisotopic (exact) mass is 447 g/mol. The van der Waals surface area contributed by atoms with Crippen LogP contribution < -0.4 is 5.32 Å². The Morgan fingerprint density at radius 2 is 1.78 bits per heavy atom. The topological polar surface area (TPSA) is 101 Å². The second kappa shape index (κ2) is 10.3. The van der Waals surface area contributed by atoms with E-state index < -0.39 is 0 Å². The first kappa shape index (κ1) is 21.8. The van der Waals surface area contributed by atoms with Crippen LogP contribution in [0.15, 0.2) is 64.8 Å². The van der Waals surface area contributed by atoms with Gasteiger partial charge >= 0.3 is 0 Å². The van der Waals surface area contributed by atoms with E-state index in [0.29, 0.717) is 6.54 Å². The predicted octanol–water partition coefficient (Wildman–Crippen LogP) is 5.08. The van der Waals surface area contributed by atoms with Gasteiger partial charge in [-0.1, -0.05) is 41.7 Å². The summed E-state index contributed by atoms with van der Waals surface area (Å²) in [6, 6.07) is 18.1. The minimum atomic E-state index is 0.0376. The van der Waals surface area contributed by atoms with Gasteiger partial charge in [0, 0.05) is 12.1 Å². The van der Waals surface area contributed by atoms with Crippen molar-refractivity contribution in [2.24, 2.45) is 10.2 Å². The van der Waals surface area contributed by atoms with Crippen molar-refractivity contribution in [2.75, 3.05) is 18.5 Å². The number of benzene rings is 2. The quantitative estimate of drug-likeness (QED) is 0.349. The number of aliphatic hydroxyl groups excluding tert-OH is 1. The molecule has 0 saturated carbocycles. The maximum absolute atomic E-state index is 9.14. The van der Waals surface area contributed by atoms with Crippen LogP contribution in [0.5, 0.6) is 0 Å². The third kappa shape index (κ3) is 5.24. The Morgan fingerprint density at radius 1 is 1.00 bits per heavy atom. The van der Waals surface area contributed by atoms with Crippen molar-refractivity contribution >= 4 is 27.8 Å². The smallest absolute Gasteiger partial charge is 0.206 e. The van der Waals surface area contributed by atoms with Gasteiger partial charge in [-0.2, -0.15) is 10.2 Å². The zero-order valence-electron chi connectivity index (χ0n) is 18.1. The van der Waals surface area contributed by atoms with Crippen molar-refractivity contribution < 1.29 is 5.11 Å². The van der Waals surface area contributed by atoms with Crippen molar-refractivity contribution in [2.45, 2.75) is 26.8 Å². The average molecular weight is 448 g/mol. The number of nitrogens with zero attached hydrogens (tertiary/aromatic N) is 6. The van der Waals surface area contributed by atoms with E-state index in [-0.39, 0.29) is 6.61 Å². The van der Waals surface area contributed by atoms with Gasteiger partial charge in [0.15, 0.2) is 0 Å². The first-order valence-corrected chi connectivity index (χ1v) is 11.2. The van der Waals surface area contributed by atoms with E-state index in [1.165, 1.54) is 16.9 Å². The Kier molecular flexibility index (Phi) is 6.98. The molecule has 0 unspecified atom stereocenters. The van der Waals surface area contributed by atoms with Crippen molar-refractivity contribution in [1.82, 2.24) is 20.0 Å². The van der Waals surface area contributed by atoms with E-state index >= 15 is 0 Å². The van der Waals surface area contributed by atoms with Crippen LogP contribution in [0.2, 0.25) is 0 Å². The first-order chi connectivity index (χ1) is 15.6. The Labute approximate surface area is 190 Å². The maximum atomic E-state index is 9.14. The molecule has 32 heavy (non-hydrogen) atoms. The van der Waals surface area contributed by atoms with Crippen LogP contribution in [0.3, 0.4) is 0 Å². The number of anilines is 1. The van der Waals surface area contributed by atoms with E-state index in [1.54, 1.807) is 4.68 Å². The molecule has 0 saturated heterocycles. The van der Waals surface area contributed by atoms with E-state index in [1.807, 2.05) is 56.3 Å². The van der Waals surface area contributed by atoms with Crippen molar-refractivity contribution in [3.8, 4) is 10.6 Å². The summed E-state index contributed by atoms with van der Waals surface area (Å²) in [5.74, 6) is 0. The molecule has 9 heteroatoms. The highest BCUT2D eigenvalue weighted by Crippen LogP contribution is 2.29. The summed E-state index contributed by atoms with van der Waals surface area (Å²) in [5.41, 5.74) is 5.43. The summed E-state index contributed by atoms with van der Waals surface area (Å²) in [6.45, 7) is 5.11. The lowest BCUT2D eigenvalue weighted by Gasteiger charge is -2.01. The van der Waals surface area contributed by atoms with E-state index in [2.05, 4.69) is 43.0 Å². The number of hydrogen-bond acceptors (Lipinski definition) is 8. The number of hydrogen-bond donors (Lipinski definition) is 2. The van der Waals surface area contributed by atoms with Gasteiger partial charge in [0.25, 0.3) is 0 Å². The SMILES string of the molecule is Cc1nn(CCO)c(C)c1N=Nc1ccc(-c2nnc(NCCc3ccccc3)s2)cc1. The van der Waals surface area contributed by atoms with E-state index in [9.17, 15) is 0 Å². The van der Waals surface area contributed by atoms with Gasteiger partial charge in [-0.15, -0.1) is 15.3 Å². The van der Waals surface area contributed by atoms with Gasteiger partial charge in [0.05, 0.1) is 30.2 Å². The Morgan fingerprint density at radius 3 is 2.53 bits per heavy atom. The minimum absolute atomic E-state index is 0.0376. The second-order valence-corrected chi connectivity index (χ2v) is 8.27. The molecule has 0 atom stereocenters. The maximum Gasteiger partial charge on any atom is 0.206 e. The standard InChI is InChI=1S/C23H25N7OS/c1-16-21(17(2)30(29-16)14-15-31)26-25-20-10-8-19(9-11-20)22-27-28-23(32-22)24-13-12-18-6-4-3-5-7-18/h3-11,31H,12-15H2,1-2H3,(H,24,28). The lowest BCUT2D eigenvalue weighted by Crippen LogP contribution is -2.05. The van der Waals surface area contributed by atoms with E-state index in [4.69, 9.17) is 5.11 Å². The third-order valence-electron chi connectivity index (χ3n) is 4.99. The number of azo groups is 1. The molecule has 4 rings (SSSR count). The molecule has 8 nitrogen and oxygen atoms in total. The molecule has 2 aromatic heterocycles. The summed E-state index contributed by atoms with van der Waals surface area (Å²) in [5, 5.41) is 35.8. The normalized spacial score (nSPS) is 11.3. The molecule has 2 heterocycles. The summed E-state index contributed by atoms with van der Waals surface area (Å²) < 4.78 is 1.74. The average Bonchev–Trinajstić information content (AvgIpc) is 3.38. The molecule has 2 aromatic carbocycles. The van der Waals surface area contributed by atoms with E-state index in [0.717, 1.165) is 51.4 Å². The zero-order valence-corrected chi connectivity index (χ0v) is 18.9. The number of aromatic nitrogens is 4. The number of rotatable bonds is 9. The summed E-state index contributed by atoms with van der Waals surface area (Å²) >= 11 is 1.53. The first-order valence-electron chi connectivity index (χ1n) is 10.4. The summed E-state index contributed by atoms with van der Waals surface area (Å²) in [6.07, 6.45) is 0.938. The fourth-order valence-electron chi connectivity index (χ4n) is 3.29. The molecule has 164 valence electrons. The fraction of sp³-hybridized carbons (Fsp3) is 0.261. The molecule has 0 amide bonds. The van der Waals surface area contributed by atoms with Gasteiger partial charge in [-0.3, -0.25) is 4.68 Å². The van der Waals surface area contributed by atoms with Crippen LogP contribution in [0, 0.1) is 13.8 Å². The Hall–Kier alpha value is -3.43. The van der Waals surface area contributed by atoms with Crippen LogP contribution in [-0.4, -0.2) is 38.2 Å². The molecule has 4 aromatic rings. The molecule has 0 bridgehead atoms. The van der Waals surface area contributed by atoms with Crippen LogP contribution in [0.1, 0.15) is 17.0 Å². The third-order valence-corrected chi connectivity index (χ3v) is 5.92. The largest absolute Gasteiger partial charge is 0.394 e. The van der Waals surface area contributed by atoms with Crippen molar-refractivity contribution in [3.63, 3.8) is 0 Å². The molecular weight excluding hydrogens is 422 g/mol. The lowest BCUT2D eigenvalue weighted by atomic mass is 10.2. The van der Waals surface area contributed by atoms with Crippen molar-refractivity contribution in [1.29, 1.82) is 0 Å². The summed E-state index contributed by atoms with van der Waals surface area (Å²) in [7, 11) is 0. The van der Waals surface area contributed by atoms with Crippen LogP contribution >= 0.6 is 11.3 Å². The molecule has 0 radical (unpaired) electrons. The minimum Gasteiger partial charge on any atom is -0.394 e. The van der Waals surface area contributed by atoms with Crippen LogP contribution in [-0.2, 0) is 13.0 Å². The molecule has 0 aliphatic heterocycles. The molecular formula is C23H25N7OS. The highest BCUT2D eigenvalue weighted by atomic mass is 32.1. The van der Waals surface area contributed by atoms with Crippen molar-refractivity contribution in [3.05, 3.63) is 71.5 Å². The van der Waals surface area contributed by atoms with Gasteiger partial charge in [0.2, 0.25) is 5.13 Å².